The number of nitrogens with one attached hydrogen (secondary N) is 2. The van der Waals surface area contributed by atoms with Crippen molar-refractivity contribution in [3.63, 3.8) is 0 Å². The number of anilines is 2. The lowest BCUT2D eigenvalue weighted by molar-refractivity contribution is -0.114. The van der Waals surface area contributed by atoms with E-state index in [0.717, 1.165) is 0 Å². The molecule has 0 bridgehead atoms. The minimum atomic E-state index is -0.553. The van der Waals surface area contributed by atoms with Crippen LogP contribution >= 0.6 is 11.6 Å². The lowest BCUT2D eigenvalue weighted by atomic mass is 10.2. The quantitative estimate of drug-likeness (QED) is 0.908. The summed E-state index contributed by atoms with van der Waals surface area (Å²) in [4.78, 5) is 23.1. The monoisotopic (exact) mass is 306 g/mol. The zero-order chi connectivity index (χ0) is 15.4. The van der Waals surface area contributed by atoms with E-state index in [0.29, 0.717) is 16.9 Å². The largest absolute Gasteiger partial charge is 0.326 e. The van der Waals surface area contributed by atoms with Gasteiger partial charge < -0.3 is 10.6 Å². The van der Waals surface area contributed by atoms with E-state index >= 15 is 0 Å². The molecule has 2 amide bonds. The highest BCUT2D eigenvalue weighted by Crippen LogP contribution is 2.20. The summed E-state index contributed by atoms with van der Waals surface area (Å²) in [5.41, 5.74) is 1.27. The van der Waals surface area contributed by atoms with Gasteiger partial charge in [-0.05, 0) is 36.4 Å². The second-order valence-corrected chi connectivity index (χ2v) is 4.75. The molecular formula is C15H12ClFN2O2. The number of rotatable bonds is 3. The molecule has 6 heteroatoms. The molecule has 0 aliphatic rings. The Labute approximate surface area is 125 Å². The molecule has 0 aliphatic heterocycles. The molecule has 0 aliphatic carbocycles. The molecule has 2 aromatic carbocycles. The zero-order valence-electron chi connectivity index (χ0n) is 11.1. The Morgan fingerprint density at radius 3 is 2.43 bits per heavy atom. The van der Waals surface area contributed by atoms with E-state index in [1.807, 2.05) is 0 Å². The Balaban J connectivity index is 2.16. The molecule has 0 spiro atoms. The molecule has 2 aromatic rings. The third kappa shape index (κ3) is 4.03. The van der Waals surface area contributed by atoms with Gasteiger partial charge in [-0.2, -0.15) is 0 Å². The van der Waals surface area contributed by atoms with Crippen molar-refractivity contribution in [2.24, 2.45) is 0 Å². The zero-order valence-corrected chi connectivity index (χ0v) is 11.9. The summed E-state index contributed by atoms with van der Waals surface area (Å²) in [5, 5.41) is 5.13. The van der Waals surface area contributed by atoms with Gasteiger partial charge in [0.25, 0.3) is 5.91 Å². The van der Waals surface area contributed by atoms with Gasteiger partial charge in [0.1, 0.15) is 5.82 Å². The van der Waals surface area contributed by atoms with Gasteiger partial charge in [0.15, 0.2) is 0 Å². The fourth-order valence-corrected chi connectivity index (χ4v) is 1.90. The minimum Gasteiger partial charge on any atom is -0.326 e. The molecule has 0 saturated heterocycles. The molecule has 0 unspecified atom stereocenters. The van der Waals surface area contributed by atoms with Crippen molar-refractivity contribution in [2.75, 3.05) is 10.6 Å². The van der Waals surface area contributed by atoms with Crippen molar-refractivity contribution in [1.82, 2.24) is 0 Å². The molecule has 4 nitrogen and oxygen atoms in total. The van der Waals surface area contributed by atoms with Crippen LogP contribution in [-0.2, 0) is 4.79 Å². The summed E-state index contributed by atoms with van der Waals surface area (Å²) >= 11 is 5.65. The van der Waals surface area contributed by atoms with Gasteiger partial charge in [0, 0.05) is 23.9 Å². The number of hydrogen-bond donors (Lipinski definition) is 2. The first kappa shape index (κ1) is 15.0. The van der Waals surface area contributed by atoms with E-state index < -0.39 is 5.82 Å². The number of carbonyl (C=O) groups excluding carboxylic acids is 2. The highest BCUT2D eigenvalue weighted by Gasteiger charge is 2.09. The highest BCUT2D eigenvalue weighted by atomic mass is 35.5. The molecule has 0 fully saturated rings. The maximum atomic E-state index is 13.0. The smallest absolute Gasteiger partial charge is 0.255 e. The van der Waals surface area contributed by atoms with Crippen LogP contribution in [0.25, 0.3) is 0 Å². The summed E-state index contributed by atoms with van der Waals surface area (Å²) in [5.74, 6) is -1.16. The average Bonchev–Trinajstić information content (AvgIpc) is 2.42. The van der Waals surface area contributed by atoms with Crippen molar-refractivity contribution in [3.8, 4) is 0 Å². The van der Waals surface area contributed by atoms with E-state index in [4.69, 9.17) is 11.6 Å². The minimum absolute atomic E-state index is 0.0696. The molecule has 0 aromatic heterocycles. The number of carbonyl (C=O) groups is 2. The van der Waals surface area contributed by atoms with Crippen molar-refractivity contribution in [2.45, 2.75) is 6.92 Å². The first-order chi connectivity index (χ1) is 9.95. The molecule has 2 rings (SSSR count). The van der Waals surface area contributed by atoms with Crippen LogP contribution in [0, 0.1) is 5.82 Å². The number of amides is 2. The topological polar surface area (TPSA) is 58.2 Å². The standard InChI is InChI=1S/C15H12ClFN2O2/c1-9(20)18-11-4-2-3-10(7-11)15(21)19-12-5-6-14(17)13(16)8-12/h2-8H,1H3,(H,18,20)(H,19,21). The molecule has 0 saturated carbocycles. The lowest BCUT2D eigenvalue weighted by Crippen LogP contribution is -2.13. The summed E-state index contributed by atoms with van der Waals surface area (Å²) in [7, 11) is 0. The summed E-state index contributed by atoms with van der Waals surface area (Å²) < 4.78 is 13.0. The number of hydrogen-bond acceptors (Lipinski definition) is 2. The first-order valence-corrected chi connectivity index (χ1v) is 6.47. The van der Waals surface area contributed by atoms with Crippen molar-refractivity contribution in [3.05, 3.63) is 58.9 Å². The fraction of sp³-hybridized carbons (Fsp3) is 0.0667. The van der Waals surface area contributed by atoms with Crippen LogP contribution < -0.4 is 10.6 Å². The van der Waals surface area contributed by atoms with Crippen LogP contribution in [0.4, 0.5) is 15.8 Å². The van der Waals surface area contributed by atoms with Crippen LogP contribution in [0.5, 0.6) is 0 Å². The van der Waals surface area contributed by atoms with Gasteiger partial charge in [0.05, 0.1) is 5.02 Å². The Bertz CT molecular complexity index is 704. The Morgan fingerprint density at radius 1 is 1.05 bits per heavy atom. The molecular weight excluding hydrogens is 295 g/mol. The summed E-state index contributed by atoms with van der Waals surface area (Å²) in [6.45, 7) is 1.38. The van der Waals surface area contributed by atoms with Gasteiger partial charge in [-0.3, -0.25) is 9.59 Å². The molecule has 0 atom stereocenters. The molecule has 108 valence electrons. The van der Waals surface area contributed by atoms with Gasteiger partial charge in [-0.15, -0.1) is 0 Å². The predicted octanol–water partition coefficient (Wildman–Crippen LogP) is 3.69. The number of benzene rings is 2. The first-order valence-electron chi connectivity index (χ1n) is 6.10. The van der Waals surface area contributed by atoms with Gasteiger partial charge in [-0.25, -0.2) is 4.39 Å². The SMILES string of the molecule is CC(=O)Nc1cccc(C(=O)Nc2ccc(F)c(Cl)c2)c1. The second-order valence-electron chi connectivity index (χ2n) is 4.35. The predicted molar refractivity (Wildman–Crippen MR) is 80.1 cm³/mol. The van der Waals surface area contributed by atoms with Crippen LogP contribution in [0.3, 0.4) is 0 Å². The third-order valence-corrected chi connectivity index (χ3v) is 2.91. The van der Waals surface area contributed by atoms with Crippen molar-refractivity contribution < 1.29 is 14.0 Å². The van der Waals surface area contributed by atoms with Gasteiger partial charge in [-0.1, -0.05) is 17.7 Å². The van der Waals surface area contributed by atoms with Crippen LogP contribution in [-0.4, -0.2) is 11.8 Å². The van der Waals surface area contributed by atoms with E-state index in [9.17, 15) is 14.0 Å². The Kier molecular flexibility index (Phi) is 4.55. The van der Waals surface area contributed by atoms with Gasteiger partial charge in [0.2, 0.25) is 5.91 Å². The average molecular weight is 307 g/mol. The second kappa shape index (κ2) is 6.37. The van der Waals surface area contributed by atoms with E-state index in [2.05, 4.69) is 10.6 Å². The van der Waals surface area contributed by atoms with Crippen molar-refractivity contribution in [1.29, 1.82) is 0 Å². The van der Waals surface area contributed by atoms with Crippen LogP contribution in [0.15, 0.2) is 42.5 Å². The maximum Gasteiger partial charge on any atom is 0.255 e. The molecule has 0 radical (unpaired) electrons. The van der Waals surface area contributed by atoms with E-state index in [1.54, 1.807) is 24.3 Å². The van der Waals surface area contributed by atoms with Crippen LogP contribution in [0.2, 0.25) is 5.02 Å². The highest BCUT2D eigenvalue weighted by molar-refractivity contribution is 6.31. The van der Waals surface area contributed by atoms with E-state index in [1.165, 1.54) is 25.1 Å². The lowest BCUT2D eigenvalue weighted by Gasteiger charge is -2.08. The Hall–Kier alpha value is -2.40. The normalized spacial score (nSPS) is 10.0. The number of halogens is 2. The van der Waals surface area contributed by atoms with Crippen LogP contribution in [0.1, 0.15) is 17.3 Å². The summed E-state index contributed by atoms with van der Waals surface area (Å²) in [6, 6.07) is 10.4. The Morgan fingerprint density at radius 2 is 1.76 bits per heavy atom. The summed E-state index contributed by atoms with van der Waals surface area (Å²) in [6.07, 6.45) is 0. The fourth-order valence-electron chi connectivity index (χ4n) is 1.72. The maximum absolute atomic E-state index is 13.0. The molecule has 21 heavy (non-hydrogen) atoms. The third-order valence-electron chi connectivity index (χ3n) is 2.62. The van der Waals surface area contributed by atoms with E-state index in [-0.39, 0.29) is 16.8 Å². The molecule has 0 heterocycles. The van der Waals surface area contributed by atoms with Crippen molar-refractivity contribution >= 4 is 34.8 Å². The van der Waals surface area contributed by atoms with Gasteiger partial charge >= 0.3 is 0 Å². The molecule has 2 N–H and O–H groups in total.